The Hall–Kier alpha value is -2.58. The molecule has 4 rings (SSSR count). The largest absolute Gasteiger partial charge is 0.508 e. The molecule has 1 unspecified atom stereocenters. The van der Waals surface area contributed by atoms with E-state index in [-0.39, 0.29) is 19.0 Å². The predicted molar refractivity (Wildman–Crippen MR) is 95.1 cm³/mol. The van der Waals surface area contributed by atoms with E-state index in [4.69, 9.17) is 25.8 Å². The second kappa shape index (κ2) is 6.62. The first-order chi connectivity index (χ1) is 12.6. The van der Waals surface area contributed by atoms with Crippen molar-refractivity contribution >= 4 is 40.3 Å². The van der Waals surface area contributed by atoms with Gasteiger partial charge < -0.3 is 19.3 Å². The molecule has 1 atom stereocenters. The highest BCUT2D eigenvalue weighted by molar-refractivity contribution is 7.00. The summed E-state index contributed by atoms with van der Waals surface area (Å²) in [6.07, 6.45) is -0.00330. The van der Waals surface area contributed by atoms with E-state index in [1.807, 2.05) is 0 Å². The van der Waals surface area contributed by atoms with E-state index in [0.717, 1.165) is 11.7 Å². The molecule has 1 N–H and O–H groups in total. The molecule has 0 aliphatic carbocycles. The lowest BCUT2D eigenvalue weighted by Gasteiger charge is -2.19. The van der Waals surface area contributed by atoms with Crippen molar-refractivity contribution in [2.75, 3.05) is 13.9 Å². The number of benzene rings is 2. The van der Waals surface area contributed by atoms with Crippen LogP contribution < -0.4 is 9.47 Å². The van der Waals surface area contributed by atoms with Crippen LogP contribution in [-0.2, 0) is 9.53 Å². The van der Waals surface area contributed by atoms with Gasteiger partial charge in [0.05, 0.1) is 30.3 Å². The van der Waals surface area contributed by atoms with Gasteiger partial charge in [0, 0.05) is 11.5 Å². The minimum absolute atomic E-state index is 0.00330. The van der Waals surface area contributed by atoms with E-state index in [1.54, 1.807) is 18.2 Å². The lowest BCUT2D eigenvalue weighted by atomic mass is 9.86. The van der Waals surface area contributed by atoms with Crippen LogP contribution in [0.4, 0.5) is 0 Å². The van der Waals surface area contributed by atoms with Crippen molar-refractivity contribution in [2.24, 2.45) is 0 Å². The van der Waals surface area contributed by atoms with Crippen LogP contribution in [0.15, 0.2) is 24.3 Å². The average Bonchev–Trinajstić information content (AvgIpc) is 3.28. The summed E-state index contributed by atoms with van der Waals surface area (Å²) < 4.78 is 24.1. The number of ether oxygens (including phenoxy) is 3. The van der Waals surface area contributed by atoms with Crippen LogP contribution in [0.3, 0.4) is 0 Å². The van der Waals surface area contributed by atoms with E-state index in [2.05, 4.69) is 8.75 Å². The molecule has 0 bridgehead atoms. The third-order valence-electron chi connectivity index (χ3n) is 4.24. The van der Waals surface area contributed by atoms with E-state index in [1.165, 1.54) is 13.2 Å². The van der Waals surface area contributed by atoms with Crippen molar-refractivity contribution in [2.45, 2.75) is 12.3 Å². The van der Waals surface area contributed by atoms with Gasteiger partial charge in [-0.3, -0.25) is 4.79 Å². The van der Waals surface area contributed by atoms with Crippen molar-refractivity contribution in [3.63, 3.8) is 0 Å². The number of phenols is 1. The van der Waals surface area contributed by atoms with Crippen LogP contribution in [0, 0.1) is 0 Å². The highest BCUT2D eigenvalue weighted by atomic mass is 35.5. The van der Waals surface area contributed by atoms with Gasteiger partial charge in [0.1, 0.15) is 16.8 Å². The molecule has 1 aromatic heterocycles. The first-order valence-electron chi connectivity index (χ1n) is 7.68. The Balaban J connectivity index is 1.91. The Labute approximate surface area is 157 Å². The lowest BCUT2D eigenvalue weighted by molar-refractivity contribution is -0.140. The smallest absolute Gasteiger partial charge is 0.306 e. The molecule has 0 saturated heterocycles. The Morgan fingerprint density at radius 2 is 2.23 bits per heavy atom. The molecular weight excluding hydrogens is 380 g/mol. The van der Waals surface area contributed by atoms with Crippen LogP contribution in [0.5, 0.6) is 17.2 Å². The highest BCUT2D eigenvalue weighted by Crippen LogP contribution is 2.45. The standard InChI is InChI=1S/C17H13ClN2O5S/c1-23-14(22)6-9(8-4-10(18)17-13(5-8)24-7-25-17)15-12(21)3-2-11-16(15)20-26-19-11/h2-5,9,21H,6-7H2,1H3. The topological polar surface area (TPSA) is 90.8 Å². The number of hydrogen-bond donors (Lipinski definition) is 1. The third kappa shape index (κ3) is 2.81. The van der Waals surface area contributed by atoms with E-state index < -0.39 is 11.9 Å². The Morgan fingerprint density at radius 1 is 1.38 bits per heavy atom. The zero-order chi connectivity index (χ0) is 18.3. The molecule has 1 aliphatic rings. The predicted octanol–water partition coefficient (Wildman–Crippen LogP) is 3.47. The first-order valence-corrected chi connectivity index (χ1v) is 8.79. The second-order valence-electron chi connectivity index (χ2n) is 5.70. The maximum absolute atomic E-state index is 12.0. The molecule has 134 valence electrons. The van der Waals surface area contributed by atoms with Crippen molar-refractivity contribution in [1.29, 1.82) is 0 Å². The number of aromatic hydroxyl groups is 1. The van der Waals surface area contributed by atoms with E-state index in [9.17, 15) is 9.90 Å². The molecular formula is C17H13ClN2O5S. The molecule has 7 nitrogen and oxygen atoms in total. The fourth-order valence-electron chi connectivity index (χ4n) is 3.03. The SMILES string of the molecule is COC(=O)CC(c1cc(Cl)c2c(c1)OCO2)c1c(O)ccc2nsnc12. The van der Waals surface area contributed by atoms with E-state index in [0.29, 0.717) is 38.7 Å². The Bertz CT molecular complexity index is 1010. The number of rotatable bonds is 4. The minimum atomic E-state index is -0.540. The molecule has 0 radical (unpaired) electrons. The van der Waals surface area contributed by atoms with Gasteiger partial charge in [-0.05, 0) is 29.8 Å². The van der Waals surface area contributed by atoms with Crippen LogP contribution in [0.1, 0.15) is 23.5 Å². The monoisotopic (exact) mass is 392 g/mol. The van der Waals surface area contributed by atoms with Gasteiger partial charge in [0.25, 0.3) is 0 Å². The molecule has 1 aliphatic heterocycles. The molecule has 0 amide bonds. The number of halogens is 1. The minimum Gasteiger partial charge on any atom is -0.508 e. The Kier molecular flexibility index (Phi) is 4.29. The third-order valence-corrected chi connectivity index (χ3v) is 5.07. The number of carbonyl (C=O) groups is 1. The summed E-state index contributed by atoms with van der Waals surface area (Å²) in [5, 5.41) is 10.9. The van der Waals surface area contributed by atoms with Gasteiger partial charge in [-0.1, -0.05) is 11.6 Å². The maximum atomic E-state index is 12.0. The summed E-state index contributed by atoms with van der Waals surface area (Å²) in [4.78, 5) is 12.0. The molecule has 0 fully saturated rings. The molecule has 2 aromatic carbocycles. The molecule has 26 heavy (non-hydrogen) atoms. The van der Waals surface area contributed by atoms with Crippen LogP contribution in [-0.4, -0.2) is 33.7 Å². The molecule has 2 heterocycles. The first kappa shape index (κ1) is 16.9. The number of phenolic OH excluding ortho intramolecular Hbond substituents is 1. The summed E-state index contributed by atoms with van der Waals surface area (Å²) in [7, 11) is 1.32. The zero-order valence-corrected chi connectivity index (χ0v) is 15.1. The van der Waals surface area contributed by atoms with Gasteiger partial charge in [-0.2, -0.15) is 8.75 Å². The van der Waals surface area contributed by atoms with Crippen LogP contribution in [0.2, 0.25) is 5.02 Å². The number of nitrogens with zero attached hydrogens (tertiary/aromatic N) is 2. The number of aromatic nitrogens is 2. The number of methoxy groups -OCH3 is 1. The van der Waals surface area contributed by atoms with Crippen LogP contribution >= 0.6 is 23.3 Å². The summed E-state index contributed by atoms with van der Waals surface area (Å²) in [5.41, 5.74) is 2.36. The fourth-order valence-corrected chi connectivity index (χ4v) is 3.85. The molecule has 0 spiro atoms. The number of esters is 1. The maximum Gasteiger partial charge on any atom is 0.306 e. The quantitative estimate of drug-likeness (QED) is 0.679. The van der Waals surface area contributed by atoms with Crippen molar-refractivity contribution in [3.05, 3.63) is 40.4 Å². The van der Waals surface area contributed by atoms with Crippen molar-refractivity contribution in [1.82, 2.24) is 8.75 Å². The van der Waals surface area contributed by atoms with Gasteiger partial charge in [-0.25, -0.2) is 0 Å². The van der Waals surface area contributed by atoms with E-state index >= 15 is 0 Å². The molecule has 9 heteroatoms. The molecule has 3 aromatic rings. The Morgan fingerprint density at radius 3 is 3.04 bits per heavy atom. The van der Waals surface area contributed by atoms with Crippen LogP contribution in [0.25, 0.3) is 11.0 Å². The summed E-state index contributed by atoms with van der Waals surface area (Å²) in [5.74, 6) is 0.00810. The van der Waals surface area contributed by atoms with Gasteiger partial charge in [-0.15, -0.1) is 0 Å². The number of hydrogen-bond acceptors (Lipinski definition) is 8. The van der Waals surface area contributed by atoms with Gasteiger partial charge in [0.15, 0.2) is 11.5 Å². The summed E-state index contributed by atoms with van der Waals surface area (Å²) in [6, 6.07) is 6.66. The zero-order valence-electron chi connectivity index (χ0n) is 13.6. The van der Waals surface area contributed by atoms with Gasteiger partial charge >= 0.3 is 5.97 Å². The van der Waals surface area contributed by atoms with Crippen molar-refractivity contribution < 1.29 is 24.1 Å². The average molecular weight is 393 g/mol. The summed E-state index contributed by atoms with van der Waals surface area (Å²) >= 11 is 7.34. The molecule has 0 saturated carbocycles. The fraction of sp³-hybridized carbons (Fsp3) is 0.235. The number of fused-ring (bicyclic) bond motifs is 2. The lowest BCUT2D eigenvalue weighted by Crippen LogP contribution is -2.11. The second-order valence-corrected chi connectivity index (χ2v) is 6.64. The normalized spacial score (nSPS) is 13.8. The summed E-state index contributed by atoms with van der Waals surface area (Å²) in [6.45, 7) is 0.0804. The number of carbonyl (C=O) groups excluding carboxylic acids is 1. The highest BCUT2D eigenvalue weighted by Gasteiger charge is 2.28. The van der Waals surface area contributed by atoms with Crippen molar-refractivity contribution in [3.8, 4) is 17.2 Å². The van der Waals surface area contributed by atoms with Gasteiger partial charge in [0.2, 0.25) is 6.79 Å².